The van der Waals surface area contributed by atoms with Crippen molar-refractivity contribution >= 4 is 11.6 Å². The van der Waals surface area contributed by atoms with Crippen molar-refractivity contribution in [3.63, 3.8) is 0 Å². The Kier molecular flexibility index (Phi) is 5.42. The Hall–Kier alpha value is -2.30. The second-order valence-electron chi connectivity index (χ2n) is 5.80. The van der Waals surface area contributed by atoms with Gasteiger partial charge in [0.05, 0.1) is 5.69 Å². The van der Waals surface area contributed by atoms with Gasteiger partial charge in [-0.15, -0.1) is 0 Å². The quantitative estimate of drug-likeness (QED) is 0.913. The molecule has 3 rings (SSSR count). The zero-order valence-corrected chi connectivity index (χ0v) is 14.3. The van der Waals surface area contributed by atoms with Crippen molar-refractivity contribution in [2.75, 3.05) is 5.32 Å². The van der Waals surface area contributed by atoms with Gasteiger partial charge in [-0.1, -0.05) is 27.7 Å². The highest BCUT2D eigenvalue weighted by Crippen LogP contribution is 2.28. The zero-order chi connectivity index (χ0) is 17.0. The van der Waals surface area contributed by atoms with Gasteiger partial charge in [-0.3, -0.25) is 4.79 Å². The molecule has 0 aliphatic carbocycles. The number of anilines is 1. The van der Waals surface area contributed by atoms with Gasteiger partial charge >= 0.3 is 0 Å². The molecule has 0 saturated carbocycles. The number of fused-ring (bicyclic) bond motifs is 1. The van der Waals surface area contributed by atoms with E-state index in [1.807, 2.05) is 42.9 Å². The molecule has 23 heavy (non-hydrogen) atoms. The lowest BCUT2D eigenvalue weighted by Gasteiger charge is -2.25. The minimum atomic E-state index is -0.293. The number of nitrogens with one attached hydrogen (secondary N) is 1. The van der Waals surface area contributed by atoms with E-state index >= 15 is 0 Å². The first-order valence-corrected chi connectivity index (χ1v) is 8.29. The van der Waals surface area contributed by atoms with E-state index in [4.69, 9.17) is 5.73 Å². The van der Waals surface area contributed by atoms with Gasteiger partial charge in [-0.05, 0) is 48.6 Å². The smallest absolute Gasteiger partial charge is 0.239 e. The lowest BCUT2D eigenvalue weighted by molar-refractivity contribution is -0.118. The fourth-order valence-corrected chi connectivity index (χ4v) is 2.80. The van der Waals surface area contributed by atoms with Crippen LogP contribution in [0.15, 0.2) is 30.5 Å². The Labute approximate surface area is 137 Å². The number of hydrogen-bond donors (Lipinski definition) is 2. The maximum atomic E-state index is 11.3. The molecule has 1 atom stereocenters. The van der Waals surface area contributed by atoms with Crippen molar-refractivity contribution in [3.05, 3.63) is 41.7 Å². The predicted molar refractivity (Wildman–Crippen MR) is 93.9 cm³/mol. The van der Waals surface area contributed by atoms with E-state index in [1.54, 1.807) is 0 Å². The molecule has 1 aliphatic rings. The normalized spacial score (nSPS) is 16.1. The molecule has 0 spiro atoms. The molecule has 1 aromatic heterocycles. The second-order valence-corrected chi connectivity index (χ2v) is 5.80. The maximum absolute atomic E-state index is 11.3. The van der Waals surface area contributed by atoms with E-state index in [-0.39, 0.29) is 11.9 Å². The number of nitrogens with two attached hydrogens (primary N) is 1. The topological polar surface area (TPSA) is 72.9 Å². The first-order chi connectivity index (χ1) is 11.1. The third-order valence-electron chi connectivity index (χ3n) is 3.97. The Morgan fingerprint density at radius 1 is 1.35 bits per heavy atom. The minimum Gasteiger partial charge on any atom is -0.373 e. The molecule has 1 unspecified atom stereocenters. The molecule has 5 heteroatoms. The van der Waals surface area contributed by atoms with Crippen molar-refractivity contribution in [2.45, 2.75) is 52.5 Å². The van der Waals surface area contributed by atoms with Gasteiger partial charge in [-0.25, -0.2) is 4.68 Å². The van der Waals surface area contributed by atoms with Crippen molar-refractivity contribution in [1.82, 2.24) is 9.78 Å². The summed E-state index contributed by atoms with van der Waals surface area (Å²) in [6.45, 7) is 8.32. The van der Waals surface area contributed by atoms with Gasteiger partial charge in [0, 0.05) is 17.6 Å². The van der Waals surface area contributed by atoms with Gasteiger partial charge in [0.2, 0.25) is 5.91 Å². The highest BCUT2D eigenvalue weighted by atomic mass is 16.1. The van der Waals surface area contributed by atoms with Crippen LogP contribution in [0.25, 0.3) is 5.69 Å². The van der Waals surface area contributed by atoms with Crippen LogP contribution in [0.4, 0.5) is 5.69 Å². The number of hydrogen-bond acceptors (Lipinski definition) is 3. The van der Waals surface area contributed by atoms with Gasteiger partial charge in [0.15, 0.2) is 0 Å². The van der Waals surface area contributed by atoms with E-state index in [0.717, 1.165) is 24.2 Å². The molecule has 0 fully saturated rings. The molecule has 0 bridgehead atoms. The summed E-state index contributed by atoms with van der Waals surface area (Å²) in [5.41, 5.74) is 9.81. The molecule has 2 aromatic rings. The number of aryl methyl sites for hydroxylation is 1. The molecule has 3 N–H and O–H groups in total. The average Bonchev–Trinajstić information content (AvgIpc) is 3.05. The molecule has 0 saturated heterocycles. The summed E-state index contributed by atoms with van der Waals surface area (Å²) < 4.78 is 1.98. The van der Waals surface area contributed by atoms with Crippen molar-refractivity contribution in [2.24, 2.45) is 5.73 Å². The Balaban J connectivity index is 0.000000924. The zero-order valence-electron chi connectivity index (χ0n) is 14.3. The first-order valence-electron chi connectivity index (χ1n) is 8.29. The molecular weight excluding hydrogens is 288 g/mol. The number of rotatable bonds is 3. The van der Waals surface area contributed by atoms with Crippen LogP contribution in [0.3, 0.4) is 0 Å². The number of carbonyl (C=O) groups excluding carboxylic acids is 1. The molecule has 0 radical (unpaired) electrons. The summed E-state index contributed by atoms with van der Waals surface area (Å²) in [6.07, 6.45) is 3.42. The fraction of sp³-hybridized carbons (Fsp3) is 0.444. The molecule has 1 aliphatic heterocycles. The van der Waals surface area contributed by atoms with Crippen LogP contribution in [0.2, 0.25) is 0 Å². The largest absolute Gasteiger partial charge is 0.373 e. The van der Waals surface area contributed by atoms with Crippen molar-refractivity contribution in [1.29, 1.82) is 0 Å². The number of primary amides is 1. The van der Waals surface area contributed by atoms with Gasteiger partial charge in [-0.2, -0.15) is 5.10 Å². The van der Waals surface area contributed by atoms with Crippen LogP contribution in [0.1, 0.15) is 51.3 Å². The highest BCUT2D eigenvalue weighted by Gasteiger charge is 2.22. The van der Waals surface area contributed by atoms with Crippen molar-refractivity contribution in [3.8, 4) is 5.69 Å². The Bertz CT molecular complexity index is 675. The van der Waals surface area contributed by atoms with Crippen LogP contribution in [-0.4, -0.2) is 21.7 Å². The third kappa shape index (κ3) is 3.55. The van der Waals surface area contributed by atoms with Crippen molar-refractivity contribution < 1.29 is 4.79 Å². The number of amides is 1. The lowest BCUT2D eigenvalue weighted by Crippen LogP contribution is -2.38. The molecule has 2 heterocycles. The van der Waals surface area contributed by atoms with Crippen LogP contribution in [0.5, 0.6) is 0 Å². The Morgan fingerprint density at radius 2 is 2.09 bits per heavy atom. The number of nitrogens with zero attached hydrogens (tertiary/aromatic N) is 2. The van der Waals surface area contributed by atoms with Crippen LogP contribution < -0.4 is 11.1 Å². The second kappa shape index (κ2) is 7.31. The van der Waals surface area contributed by atoms with Gasteiger partial charge in [0.25, 0.3) is 0 Å². The molecule has 5 nitrogen and oxygen atoms in total. The first kappa shape index (κ1) is 17.1. The summed E-state index contributed by atoms with van der Waals surface area (Å²) in [5, 5.41) is 7.62. The van der Waals surface area contributed by atoms with Crippen LogP contribution >= 0.6 is 0 Å². The van der Waals surface area contributed by atoms with E-state index in [0.29, 0.717) is 5.92 Å². The van der Waals surface area contributed by atoms with E-state index in [1.165, 1.54) is 11.3 Å². The molecular formula is C18H26N4O. The lowest BCUT2D eigenvalue weighted by atomic mass is 9.97. The number of carbonyl (C=O) groups is 1. The van der Waals surface area contributed by atoms with E-state index in [2.05, 4.69) is 30.3 Å². The number of aromatic nitrogens is 2. The Morgan fingerprint density at radius 3 is 2.74 bits per heavy atom. The summed E-state index contributed by atoms with van der Waals surface area (Å²) in [7, 11) is 0. The third-order valence-corrected chi connectivity index (χ3v) is 3.97. The highest BCUT2D eigenvalue weighted by molar-refractivity contribution is 5.84. The van der Waals surface area contributed by atoms with Crippen LogP contribution in [0, 0.1) is 0 Å². The summed E-state index contributed by atoms with van der Waals surface area (Å²) in [5.74, 6) is 0.125. The summed E-state index contributed by atoms with van der Waals surface area (Å²) in [6, 6.07) is 7.95. The number of benzene rings is 1. The monoisotopic (exact) mass is 314 g/mol. The molecule has 124 valence electrons. The maximum Gasteiger partial charge on any atom is 0.239 e. The molecule has 1 aromatic carbocycles. The standard InChI is InChI=1S/C16H20N4O.C2H6/c1-10(2)15-7-8-18-20(15)12-4-6-13-11(9-12)3-5-14(19-13)16(17)21;1-2/h4,6-10,14,19H,3,5H2,1-2H3,(H2,17,21);1-2H3. The van der Waals surface area contributed by atoms with Gasteiger partial charge < -0.3 is 11.1 Å². The summed E-state index contributed by atoms with van der Waals surface area (Å²) in [4.78, 5) is 11.3. The summed E-state index contributed by atoms with van der Waals surface area (Å²) >= 11 is 0. The minimum absolute atomic E-state index is 0.265. The van der Waals surface area contributed by atoms with E-state index < -0.39 is 0 Å². The molecule has 1 amide bonds. The predicted octanol–water partition coefficient (Wildman–Crippen LogP) is 3.23. The van der Waals surface area contributed by atoms with Crippen LogP contribution in [-0.2, 0) is 11.2 Å². The fourth-order valence-electron chi connectivity index (χ4n) is 2.80. The van der Waals surface area contributed by atoms with E-state index in [9.17, 15) is 4.79 Å². The average molecular weight is 314 g/mol. The van der Waals surface area contributed by atoms with Gasteiger partial charge in [0.1, 0.15) is 6.04 Å². The SMILES string of the molecule is CC.CC(C)c1ccnn1-c1ccc2c(c1)CCC(C(N)=O)N2.